The zero-order valence-corrected chi connectivity index (χ0v) is 11.8. The van der Waals surface area contributed by atoms with Crippen LogP contribution in [0.4, 0.5) is 0 Å². The van der Waals surface area contributed by atoms with Crippen molar-refractivity contribution in [3.05, 3.63) is 29.3 Å². The summed E-state index contributed by atoms with van der Waals surface area (Å²) in [5.74, 6) is 0.411. The number of carbonyl (C=O) groups excluding carboxylic acids is 1. The normalized spacial score (nSPS) is 13.7. The Hall–Kier alpha value is -1.59. The summed E-state index contributed by atoms with van der Waals surface area (Å²) in [5.41, 5.74) is 1.67. The summed E-state index contributed by atoms with van der Waals surface area (Å²) >= 11 is 0. The van der Waals surface area contributed by atoms with Crippen molar-refractivity contribution in [3.8, 4) is 5.75 Å². The number of aliphatic hydroxyl groups is 1. The van der Waals surface area contributed by atoms with E-state index in [0.717, 1.165) is 16.9 Å². The van der Waals surface area contributed by atoms with Gasteiger partial charge in [0, 0.05) is 6.04 Å². The molecule has 0 aliphatic carbocycles. The SMILES string of the molecule is CNC(CC(=O)OC)C(O)c1ccc(OC)c(C)c1. The van der Waals surface area contributed by atoms with E-state index in [-0.39, 0.29) is 18.4 Å². The van der Waals surface area contributed by atoms with Gasteiger partial charge in [0.1, 0.15) is 5.75 Å². The van der Waals surface area contributed by atoms with Crippen molar-refractivity contribution in [1.29, 1.82) is 0 Å². The molecule has 0 aliphatic heterocycles. The number of methoxy groups -OCH3 is 2. The minimum atomic E-state index is -0.784. The molecule has 0 amide bonds. The number of likely N-dealkylation sites (N-methyl/N-ethyl adjacent to an activating group) is 1. The molecule has 2 atom stereocenters. The Balaban J connectivity index is 2.87. The molecule has 0 saturated heterocycles. The van der Waals surface area contributed by atoms with Crippen molar-refractivity contribution >= 4 is 5.97 Å². The summed E-state index contributed by atoms with van der Waals surface area (Å²) < 4.78 is 9.80. The van der Waals surface area contributed by atoms with Gasteiger partial charge < -0.3 is 19.9 Å². The molecule has 5 nitrogen and oxygen atoms in total. The first kappa shape index (κ1) is 15.5. The molecular formula is C14H21NO4. The summed E-state index contributed by atoms with van der Waals surface area (Å²) in [6.45, 7) is 1.91. The van der Waals surface area contributed by atoms with E-state index in [1.54, 1.807) is 26.3 Å². The van der Waals surface area contributed by atoms with Crippen LogP contribution < -0.4 is 10.1 Å². The van der Waals surface area contributed by atoms with Gasteiger partial charge in [-0.25, -0.2) is 0 Å². The number of aryl methyl sites for hydroxylation is 1. The van der Waals surface area contributed by atoms with Gasteiger partial charge in [0.25, 0.3) is 0 Å². The lowest BCUT2D eigenvalue weighted by Crippen LogP contribution is -2.34. The van der Waals surface area contributed by atoms with Gasteiger partial charge in [-0.2, -0.15) is 0 Å². The van der Waals surface area contributed by atoms with Gasteiger partial charge in [-0.1, -0.05) is 6.07 Å². The minimum absolute atomic E-state index is 0.110. The Morgan fingerprint density at radius 2 is 2.11 bits per heavy atom. The van der Waals surface area contributed by atoms with E-state index < -0.39 is 6.10 Å². The van der Waals surface area contributed by atoms with Gasteiger partial charge >= 0.3 is 5.97 Å². The van der Waals surface area contributed by atoms with E-state index >= 15 is 0 Å². The van der Waals surface area contributed by atoms with Crippen molar-refractivity contribution in [3.63, 3.8) is 0 Å². The third kappa shape index (κ3) is 3.94. The Morgan fingerprint density at radius 1 is 1.42 bits per heavy atom. The second-order valence-electron chi connectivity index (χ2n) is 4.35. The largest absolute Gasteiger partial charge is 0.496 e. The fourth-order valence-corrected chi connectivity index (χ4v) is 1.95. The first-order chi connectivity index (χ1) is 9.03. The van der Waals surface area contributed by atoms with Crippen molar-refractivity contribution in [2.75, 3.05) is 21.3 Å². The average Bonchev–Trinajstić information content (AvgIpc) is 2.43. The van der Waals surface area contributed by atoms with E-state index in [4.69, 9.17) is 4.74 Å². The van der Waals surface area contributed by atoms with E-state index in [0.29, 0.717) is 0 Å². The third-order valence-corrected chi connectivity index (χ3v) is 3.13. The van der Waals surface area contributed by atoms with Crippen molar-refractivity contribution in [2.24, 2.45) is 0 Å². The van der Waals surface area contributed by atoms with Gasteiger partial charge in [-0.15, -0.1) is 0 Å². The number of hydrogen-bond acceptors (Lipinski definition) is 5. The first-order valence-electron chi connectivity index (χ1n) is 6.10. The molecule has 0 spiro atoms. The predicted molar refractivity (Wildman–Crippen MR) is 72.2 cm³/mol. The molecule has 0 saturated carbocycles. The van der Waals surface area contributed by atoms with Gasteiger partial charge in [-0.05, 0) is 37.2 Å². The Labute approximate surface area is 113 Å². The van der Waals surface area contributed by atoms with Gasteiger partial charge in [0.15, 0.2) is 0 Å². The van der Waals surface area contributed by atoms with Crippen molar-refractivity contribution in [1.82, 2.24) is 5.32 Å². The quantitative estimate of drug-likeness (QED) is 0.758. The van der Waals surface area contributed by atoms with Crippen LogP contribution in [0.1, 0.15) is 23.7 Å². The number of carbonyl (C=O) groups is 1. The molecule has 0 radical (unpaired) electrons. The highest BCUT2D eigenvalue weighted by atomic mass is 16.5. The van der Waals surface area contributed by atoms with E-state index in [9.17, 15) is 9.90 Å². The molecule has 0 fully saturated rings. The van der Waals surface area contributed by atoms with E-state index in [1.807, 2.05) is 13.0 Å². The fourth-order valence-electron chi connectivity index (χ4n) is 1.95. The van der Waals surface area contributed by atoms with Crippen molar-refractivity contribution < 1.29 is 19.4 Å². The number of benzene rings is 1. The highest BCUT2D eigenvalue weighted by Gasteiger charge is 2.23. The third-order valence-electron chi connectivity index (χ3n) is 3.13. The number of esters is 1. The maximum atomic E-state index is 11.3. The van der Waals surface area contributed by atoms with Crippen LogP contribution in [0.15, 0.2) is 18.2 Å². The topological polar surface area (TPSA) is 67.8 Å². The summed E-state index contributed by atoms with van der Waals surface area (Å²) in [6, 6.07) is 5.06. The molecule has 0 aliphatic rings. The van der Waals surface area contributed by atoms with Gasteiger partial charge in [-0.3, -0.25) is 4.79 Å². The molecule has 1 aromatic rings. The zero-order chi connectivity index (χ0) is 14.4. The maximum absolute atomic E-state index is 11.3. The van der Waals surface area contributed by atoms with Crippen LogP contribution in [0, 0.1) is 6.92 Å². The van der Waals surface area contributed by atoms with E-state index in [1.165, 1.54) is 7.11 Å². The number of hydrogen-bond donors (Lipinski definition) is 2. The van der Waals surface area contributed by atoms with Crippen LogP contribution in [0.2, 0.25) is 0 Å². The lowest BCUT2D eigenvalue weighted by atomic mass is 9.98. The average molecular weight is 267 g/mol. The molecule has 0 heterocycles. The van der Waals surface area contributed by atoms with Crippen LogP contribution in [-0.4, -0.2) is 38.4 Å². The monoisotopic (exact) mass is 267 g/mol. The standard InChI is InChI=1S/C14H21NO4/c1-9-7-10(5-6-12(9)18-3)14(17)11(15-2)8-13(16)19-4/h5-7,11,14-15,17H,8H2,1-4H3. The number of ether oxygens (including phenoxy) is 2. The molecule has 5 heteroatoms. The Bertz CT molecular complexity index is 433. The van der Waals surface area contributed by atoms with Crippen molar-refractivity contribution in [2.45, 2.75) is 25.5 Å². The molecule has 2 N–H and O–H groups in total. The number of aliphatic hydroxyl groups excluding tert-OH is 1. The molecule has 2 unspecified atom stereocenters. The lowest BCUT2D eigenvalue weighted by molar-refractivity contribution is -0.141. The zero-order valence-electron chi connectivity index (χ0n) is 11.8. The molecule has 1 aromatic carbocycles. The molecule has 1 rings (SSSR count). The van der Waals surface area contributed by atoms with Crippen LogP contribution >= 0.6 is 0 Å². The first-order valence-corrected chi connectivity index (χ1v) is 6.10. The van der Waals surface area contributed by atoms with Crippen LogP contribution in [0.3, 0.4) is 0 Å². The van der Waals surface area contributed by atoms with Gasteiger partial charge in [0.05, 0.1) is 26.7 Å². The minimum Gasteiger partial charge on any atom is -0.496 e. The summed E-state index contributed by atoms with van der Waals surface area (Å²) in [6.07, 6.45) is -0.673. The van der Waals surface area contributed by atoms with E-state index in [2.05, 4.69) is 10.1 Å². The van der Waals surface area contributed by atoms with Crippen LogP contribution in [0.5, 0.6) is 5.75 Å². The molecule has 106 valence electrons. The highest BCUT2D eigenvalue weighted by molar-refractivity contribution is 5.70. The number of rotatable bonds is 6. The fraction of sp³-hybridized carbons (Fsp3) is 0.500. The Kier molecular flexibility index (Phi) is 5.79. The lowest BCUT2D eigenvalue weighted by Gasteiger charge is -2.22. The van der Waals surface area contributed by atoms with Crippen LogP contribution in [0.25, 0.3) is 0 Å². The molecule has 0 aromatic heterocycles. The smallest absolute Gasteiger partial charge is 0.307 e. The summed E-state index contributed by atoms with van der Waals surface area (Å²) in [7, 11) is 4.64. The second kappa shape index (κ2) is 7.11. The van der Waals surface area contributed by atoms with Gasteiger partial charge in [0.2, 0.25) is 0 Å². The molecule has 0 bridgehead atoms. The number of nitrogens with one attached hydrogen (secondary N) is 1. The van der Waals surface area contributed by atoms with Crippen LogP contribution in [-0.2, 0) is 9.53 Å². The molecular weight excluding hydrogens is 246 g/mol. The predicted octanol–water partition coefficient (Wildman–Crippen LogP) is 1.19. The summed E-state index contributed by atoms with van der Waals surface area (Å²) in [4.78, 5) is 11.3. The Morgan fingerprint density at radius 3 is 2.58 bits per heavy atom. The maximum Gasteiger partial charge on any atom is 0.307 e. The highest BCUT2D eigenvalue weighted by Crippen LogP contribution is 2.25. The molecule has 19 heavy (non-hydrogen) atoms. The second-order valence-corrected chi connectivity index (χ2v) is 4.35. The summed E-state index contributed by atoms with van der Waals surface area (Å²) in [5, 5.41) is 13.2.